The Kier molecular flexibility index (Phi) is 8.58. The number of carbonyl (C=O) groups is 4. The van der Waals surface area contributed by atoms with E-state index in [2.05, 4.69) is 10.6 Å². The second-order valence-electron chi connectivity index (χ2n) is 6.96. The van der Waals surface area contributed by atoms with Gasteiger partial charge in [0, 0.05) is 19.3 Å². The molecule has 1 aliphatic heterocycles. The van der Waals surface area contributed by atoms with Crippen LogP contribution in [0.15, 0.2) is 47.3 Å². The zero-order valence-electron chi connectivity index (χ0n) is 18.4. The fourth-order valence-corrected chi connectivity index (χ4v) is 4.01. The third-order valence-corrected chi connectivity index (χ3v) is 5.62. The van der Waals surface area contributed by atoms with Crippen LogP contribution < -0.4 is 40.2 Å². The number of nitrogens with zero attached hydrogens (tertiary/aromatic N) is 1. The molecule has 1 aromatic heterocycles. The summed E-state index contributed by atoms with van der Waals surface area (Å²) in [6.07, 6.45) is 2.17. The zero-order valence-corrected chi connectivity index (χ0v) is 20.2. The van der Waals surface area contributed by atoms with E-state index >= 15 is 0 Å². The first-order valence-corrected chi connectivity index (χ1v) is 10.1. The molecule has 0 bridgehead atoms. The van der Waals surface area contributed by atoms with E-state index in [0.717, 1.165) is 16.7 Å². The summed E-state index contributed by atoms with van der Waals surface area (Å²) < 4.78 is 0. The van der Waals surface area contributed by atoms with Gasteiger partial charge in [0.25, 0.3) is 5.91 Å². The molecule has 1 aliphatic rings. The Morgan fingerprint density at radius 2 is 2.03 bits per heavy atom. The Morgan fingerprint density at radius 3 is 2.68 bits per heavy atom. The van der Waals surface area contributed by atoms with E-state index < -0.39 is 35.8 Å². The maximum atomic E-state index is 12.5. The number of amides is 3. The number of thiophene rings is 1. The van der Waals surface area contributed by atoms with Crippen molar-refractivity contribution in [2.45, 2.75) is 25.4 Å². The monoisotopic (exact) mass is 451 g/mol. The van der Waals surface area contributed by atoms with Crippen molar-refractivity contribution >= 4 is 35.0 Å². The van der Waals surface area contributed by atoms with Crippen molar-refractivity contribution in [3.8, 4) is 11.1 Å². The quantitative estimate of drug-likeness (QED) is 0.408. The summed E-state index contributed by atoms with van der Waals surface area (Å²) >= 11 is 1.57. The van der Waals surface area contributed by atoms with E-state index in [4.69, 9.17) is 0 Å². The van der Waals surface area contributed by atoms with Gasteiger partial charge >= 0.3 is 41.6 Å². The molecule has 3 rings (SSSR count). The van der Waals surface area contributed by atoms with E-state index in [-0.39, 0.29) is 37.4 Å². The Hall–Kier alpha value is -2.46. The second-order valence-corrected chi connectivity index (χ2v) is 7.71. The van der Waals surface area contributed by atoms with Crippen molar-refractivity contribution in [1.29, 1.82) is 0 Å². The van der Waals surface area contributed by atoms with Crippen LogP contribution in [0.2, 0.25) is 0 Å². The number of urea groups is 1. The van der Waals surface area contributed by atoms with Crippen LogP contribution in [-0.4, -0.2) is 46.8 Å². The van der Waals surface area contributed by atoms with Gasteiger partial charge in [0.05, 0.1) is 12.5 Å². The van der Waals surface area contributed by atoms with Gasteiger partial charge in [-0.25, -0.2) is 4.79 Å². The first-order chi connectivity index (χ1) is 14.3. The molecule has 1 aromatic carbocycles. The largest absolute Gasteiger partial charge is 1.00 e. The average Bonchev–Trinajstić information content (AvgIpc) is 3.13. The van der Waals surface area contributed by atoms with E-state index in [1.165, 1.54) is 24.2 Å². The van der Waals surface area contributed by atoms with Crippen LogP contribution in [0.5, 0.6) is 0 Å². The summed E-state index contributed by atoms with van der Waals surface area (Å²) in [5.41, 5.74) is 3.65. The van der Waals surface area contributed by atoms with Gasteiger partial charge in [-0.05, 0) is 46.0 Å². The van der Waals surface area contributed by atoms with Crippen molar-refractivity contribution in [3.05, 3.63) is 58.4 Å². The maximum absolute atomic E-state index is 12.5. The summed E-state index contributed by atoms with van der Waals surface area (Å²) in [6.45, 7) is 1.99. The number of ketones is 1. The molecule has 158 valence electrons. The molecule has 0 saturated carbocycles. The van der Waals surface area contributed by atoms with E-state index in [0.29, 0.717) is 5.56 Å². The Morgan fingerprint density at radius 1 is 1.29 bits per heavy atom. The number of aliphatic carboxylic acids is 1. The Bertz CT molecular complexity index is 1040. The molecule has 0 spiro atoms. The summed E-state index contributed by atoms with van der Waals surface area (Å²) in [6, 6.07) is 4.29. The minimum absolute atomic E-state index is 0. The van der Waals surface area contributed by atoms with Crippen LogP contribution >= 0.6 is 11.3 Å². The van der Waals surface area contributed by atoms with Crippen molar-refractivity contribution < 1.29 is 55.3 Å². The smallest absolute Gasteiger partial charge is 1.00 e. The van der Waals surface area contributed by atoms with Crippen molar-refractivity contribution in [3.63, 3.8) is 0 Å². The predicted molar refractivity (Wildman–Crippen MR) is 113 cm³/mol. The fourth-order valence-electron chi connectivity index (χ4n) is 3.15. The molecule has 0 radical (unpaired) electrons. The van der Waals surface area contributed by atoms with Gasteiger partial charge in [0.15, 0.2) is 11.8 Å². The number of hydrogen-bond acceptors (Lipinski definition) is 5. The fraction of sp³-hybridized carbons (Fsp3) is 0.238. The second kappa shape index (κ2) is 10.7. The molecule has 0 saturated heterocycles. The summed E-state index contributed by atoms with van der Waals surface area (Å²) in [4.78, 5) is 49.1. The first-order valence-electron chi connectivity index (χ1n) is 9.17. The van der Waals surface area contributed by atoms with Crippen LogP contribution in [0.4, 0.5) is 4.79 Å². The average molecular weight is 451 g/mol. The van der Waals surface area contributed by atoms with Gasteiger partial charge in [0.2, 0.25) is 0 Å². The molecule has 3 N–H and O–H groups in total. The van der Waals surface area contributed by atoms with Gasteiger partial charge in [-0.2, -0.15) is 11.3 Å². The van der Waals surface area contributed by atoms with Gasteiger partial charge in [-0.1, -0.05) is 18.2 Å². The number of hydrogen-bond donors (Lipinski definition) is 3. The zero-order chi connectivity index (χ0) is 21.8. The standard InChI is InChI=1S/C21H21N3O5S.Na.H/c1-12-10-30-11-15(12)13-4-3-5-14(8-13)16(9-18(26)27)22-21(29)23-19-17(25)6-7-24(2)20(19)28;;/h3-8,10-11,16,19H,9H2,1-2H3,(H,26,27)(H2,22,23,29);;/q;+1;-1. The topological polar surface area (TPSA) is 116 Å². The number of carboxylic acid groups (broad SMARTS) is 1. The molecule has 31 heavy (non-hydrogen) atoms. The number of aryl methyl sites for hydroxylation is 1. The molecule has 10 heteroatoms. The van der Waals surface area contributed by atoms with Crippen LogP contribution in [0.3, 0.4) is 0 Å². The molecule has 0 aliphatic carbocycles. The Labute approximate surface area is 207 Å². The molecule has 8 nitrogen and oxygen atoms in total. The third-order valence-electron chi connectivity index (χ3n) is 4.76. The van der Waals surface area contributed by atoms with Crippen LogP contribution in [0.1, 0.15) is 25.0 Å². The molecule has 2 atom stereocenters. The minimum atomic E-state index is -1.34. The van der Waals surface area contributed by atoms with Gasteiger partial charge in [-0.3, -0.25) is 14.4 Å². The molecule has 2 heterocycles. The molecule has 0 fully saturated rings. The molecular weight excluding hydrogens is 429 g/mol. The number of rotatable bonds is 6. The van der Waals surface area contributed by atoms with E-state index in [1.54, 1.807) is 23.5 Å². The van der Waals surface area contributed by atoms with Crippen molar-refractivity contribution in [2.24, 2.45) is 0 Å². The predicted octanol–water partition coefficient (Wildman–Crippen LogP) is -0.422. The maximum Gasteiger partial charge on any atom is 1.00 e. The number of carbonyl (C=O) groups excluding carboxylic acids is 3. The van der Waals surface area contributed by atoms with E-state index in [9.17, 15) is 24.3 Å². The number of likely N-dealkylation sites (N-methyl/N-ethyl adjacent to an activating group) is 1. The summed E-state index contributed by atoms with van der Waals surface area (Å²) in [5.74, 6) is -2.20. The number of benzene rings is 1. The molecular formula is C21H22N3NaO5S. The molecule has 2 unspecified atom stereocenters. The van der Waals surface area contributed by atoms with Gasteiger partial charge in [0.1, 0.15) is 0 Å². The number of carboxylic acids is 1. The van der Waals surface area contributed by atoms with Crippen molar-refractivity contribution in [1.82, 2.24) is 15.5 Å². The first kappa shape index (κ1) is 24.8. The van der Waals surface area contributed by atoms with E-state index in [1.807, 2.05) is 29.8 Å². The number of nitrogens with one attached hydrogen (secondary N) is 2. The van der Waals surface area contributed by atoms with Crippen LogP contribution in [0, 0.1) is 6.92 Å². The van der Waals surface area contributed by atoms with Gasteiger partial charge in [-0.15, -0.1) is 0 Å². The normalized spacial score (nSPS) is 16.5. The van der Waals surface area contributed by atoms with Gasteiger partial charge < -0.3 is 22.1 Å². The van der Waals surface area contributed by atoms with Crippen LogP contribution in [-0.2, 0) is 14.4 Å². The molecule has 2 aromatic rings. The summed E-state index contributed by atoms with van der Waals surface area (Å²) in [5, 5.41) is 18.2. The third kappa shape index (κ3) is 6.04. The summed E-state index contributed by atoms with van der Waals surface area (Å²) in [7, 11) is 1.48. The van der Waals surface area contributed by atoms with Crippen molar-refractivity contribution in [2.75, 3.05) is 7.05 Å². The minimum Gasteiger partial charge on any atom is -1.00 e. The SMILES string of the molecule is Cc1cscc1-c1cccc(C(CC(=O)O)NC(=O)NC2C(=O)C=CN(C)C2=O)c1.[H-].[Na+]. The van der Waals surface area contributed by atoms with Crippen LogP contribution in [0.25, 0.3) is 11.1 Å². The molecule has 3 amide bonds. The Balaban J connectivity index is 0.00000256.